The van der Waals surface area contributed by atoms with Gasteiger partial charge in [-0.15, -0.1) is 0 Å². The van der Waals surface area contributed by atoms with Crippen molar-refractivity contribution < 1.29 is 8.78 Å². The van der Waals surface area contributed by atoms with Crippen LogP contribution in [0.2, 0.25) is 0 Å². The summed E-state index contributed by atoms with van der Waals surface area (Å²) in [5.74, 6) is -0.315. The Morgan fingerprint density at radius 1 is 0.778 bits per heavy atom. The molecule has 0 aliphatic carbocycles. The molecule has 0 heterocycles. The number of hydrogen-bond donors (Lipinski definition) is 0. The Hall–Kier alpha value is -1.70. The fourth-order valence-electron chi connectivity index (χ4n) is 2.42. The van der Waals surface area contributed by atoms with Gasteiger partial charge in [-0.2, -0.15) is 0 Å². The Morgan fingerprint density at radius 2 is 1.17 bits per heavy atom. The molecule has 0 atom stereocenters. The largest absolute Gasteiger partial charge is 0.207 e. The van der Waals surface area contributed by atoms with Crippen molar-refractivity contribution in [2.24, 2.45) is 0 Å². The van der Waals surface area contributed by atoms with Gasteiger partial charge in [0.1, 0.15) is 11.6 Å². The van der Waals surface area contributed by atoms with Crippen LogP contribution in [0.5, 0.6) is 0 Å². The van der Waals surface area contributed by atoms with E-state index in [0.29, 0.717) is 0 Å². The van der Waals surface area contributed by atoms with Gasteiger partial charge >= 0.3 is 0 Å². The van der Waals surface area contributed by atoms with Crippen molar-refractivity contribution in [1.29, 1.82) is 0 Å². The summed E-state index contributed by atoms with van der Waals surface area (Å²) in [6.45, 7) is 5.85. The van der Waals surface area contributed by atoms with E-state index >= 15 is 0 Å². The smallest absolute Gasteiger partial charge is 0.123 e. The molecule has 0 fully saturated rings. The summed E-state index contributed by atoms with van der Waals surface area (Å²) in [6, 6.07) is 9.61. The molecule has 94 valence electrons. The third kappa shape index (κ3) is 2.42. The third-order valence-corrected chi connectivity index (χ3v) is 3.40. The number of aryl methyl sites for hydroxylation is 2. The van der Waals surface area contributed by atoms with E-state index in [1.165, 1.54) is 24.3 Å². The maximum Gasteiger partial charge on any atom is 0.123 e. The highest BCUT2D eigenvalue weighted by Gasteiger charge is 2.13. The van der Waals surface area contributed by atoms with Gasteiger partial charge < -0.3 is 0 Å². The first kappa shape index (κ1) is 12.7. The van der Waals surface area contributed by atoms with Gasteiger partial charge in [-0.1, -0.05) is 19.1 Å². The average molecular weight is 246 g/mol. The van der Waals surface area contributed by atoms with Gasteiger partial charge in [0.15, 0.2) is 0 Å². The van der Waals surface area contributed by atoms with E-state index in [-0.39, 0.29) is 17.6 Å². The molecule has 0 nitrogen and oxygen atoms in total. The zero-order valence-electron chi connectivity index (χ0n) is 10.8. The van der Waals surface area contributed by atoms with E-state index in [1.807, 2.05) is 13.8 Å². The zero-order chi connectivity index (χ0) is 13.3. The van der Waals surface area contributed by atoms with Crippen molar-refractivity contribution >= 4 is 0 Å². The summed E-state index contributed by atoms with van der Waals surface area (Å²) in [7, 11) is 0. The predicted octanol–water partition coefficient (Wildman–Crippen LogP) is 4.73. The molecule has 0 saturated carbocycles. The zero-order valence-corrected chi connectivity index (χ0v) is 10.8. The third-order valence-electron chi connectivity index (χ3n) is 3.40. The lowest BCUT2D eigenvalue weighted by Gasteiger charge is -2.17. The fourth-order valence-corrected chi connectivity index (χ4v) is 2.42. The molecule has 0 N–H and O–H groups in total. The molecule has 2 rings (SSSR count). The van der Waals surface area contributed by atoms with E-state index in [1.54, 1.807) is 12.1 Å². The minimum atomic E-state index is -0.223. The maximum atomic E-state index is 13.1. The molecular weight excluding hydrogens is 230 g/mol. The second kappa shape index (κ2) is 4.89. The van der Waals surface area contributed by atoms with Gasteiger partial charge in [-0.05, 0) is 60.4 Å². The van der Waals surface area contributed by atoms with E-state index in [4.69, 9.17) is 0 Å². The predicted molar refractivity (Wildman–Crippen MR) is 69.8 cm³/mol. The Bertz CT molecular complexity index is 522. The molecule has 2 aromatic carbocycles. The van der Waals surface area contributed by atoms with Crippen LogP contribution in [-0.4, -0.2) is 0 Å². The Kier molecular flexibility index (Phi) is 3.46. The van der Waals surface area contributed by atoms with E-state index in [0.717, 1.165) is 22.3 Å². The van der Waals surface area contributed by atoms with Crippen LogP contribution in [0.3, 0.4) is 0 Å². The van der Waals surface area contributed by atoms with E-state index in [2.05, 4.69) is 6.92 Å². The van der Waals surface area contributed by atoms with Crippen LogP contribution in [0.4, 0.5) is 8.78 Å². The number of rotatable bonds is 2. The van der Waals surface area contributed by atoms with Crippen molar-refractivity contribution in [3.05, 3.63) is 70.3 Å². The summed E-state index contributed by atoms with van der Waals surface area (Å²) in [5.41, 5.74) is 4.00. The van der Waals surface area contributed by atoms with Crippen LogP contribution >= 0.6 is 0 Å². The molecule has 2 heteroatoms. The molecule has 0 saturated heterocycles. The molecular formula is C16H16F2. The standard InChI is InChI=1S/C16H16F2/c1-10-8-13(17)4-6-15(10)12(3)16-7-5-14(18)9-11(16)2/h4-9,12H,1-3H3. The first-order valence-corrected chi connectivity index (χ1v) is 6.01. The summed E-state index contributed by atoms with van der Waals surface area (Å²) in [6.07, 6.45) is 0. The Balaban J connectivity index is 2.44. The van der Waals surface area contributed by atoms with Gasteiger partial charge in [0, 0.05) is 5.92 Å². The van der Waals surface area contributed by atoms with Crippen LogP contribution in [0.1, 0.15) is 35.1 Å². The van der Waals surface area contributed by atoms with Crippen molar-refractivity contribution in [3.8, 4) is 0 Å². The van der Waals surface area contributed by atoms with Crippen molar-refractivity contribution in [3.63, 3.8) is 0 Å². The van der Waals surface area contributed by atoms with Crippen molar-refractivity contribution in [1.82, 2.24) is 0 Å². The van der Waals surface area contributed by atoms with Crippen LogP contribution in [0.15, 0.2) is 36.4 Å². The quantitative estimate of drug-likeness (QED) is 0.718. The Morgan fingerprint density at radius 3 is 1.50 bits per heavy atom. The SMILES string of the molecule is Cc1cc(F)ccc1C(C)c1ccc(F)cc1C. The van der Waals surface area contributed by atoms with E-state index < -0.39 is 0 Å². The minimum Gasteiger partial charge on any atom is -0.207 e. The monoisotopic (exact) mass is 246 g/mol. The second-order valence-electron chi connectivity index (χ2n) is 4.72. The molecule has 18 heavy (non-hydrogen) atoms. The van der Waals surface area contributed by atoms with Crippen LogP contribution < -0.4 is 0 Å². The number of benzene rings is 2. The minimum absolute atomic E-state index is 0.131. The lowest BCUT2D eigenvalue weighted by Crippen LogP contribution is -2.02. The van der Waals surface area contributed by atoms with Crippen LogP contribution in [0.25, 0.3) is 0 Å². The molecule has 0 amide bonds. The maximum absolute atomic E-state index is 13.1. The fraction of sp³-hybridized carbons (Fsp3) is 0.250. The second-order valence-corrected chi connectivity index (χ2v) is 4.72. The lowest BCUT2D eigenvalue weighted by atomic mass is 9.87. The van der Waals surface area contributed by atoms with E-state index in [9.17, 15) is 8.78 Å². The molecule has 0 aliphatic heterocycles. The molecule has 0 aliphatic rings. The van der Waals surface area contributed by atoms with Crippen LogP contribution in [-0.2, 0) is 0 Å². The van der Waals surface area contributed by atoms with Crippen molar-refractivity contribution in [2.75, 3.05) is 0 Å². The molecule has 0 bridgehead atoms. The van der Waals surface area contributed by atoms with Crippen molar-refractivity contribution in [2.45, 2.75) is 26.7 Å². The average Bonchev–Trinajstić information content (AvgIpc) is 2.28. The summed E-state index contributed by atoms with van der Waals surface area (Å²) >= 11 is 0. The van der Waals surface area contributed by atoms with Gasteiger partial charge in [-0.25, -0.2) is 8.78 Å². The number of hydrogen-bond acceptors (Lipinski definition) is 0. The summed E-state index contributed by atoms with van der Waals surface area (Å²) in [4.78, 5) is 0. The van der Waals surface area contributed by atoms with Gasteiger partial charge in [0.05, 0.1) is 0 Å². The molecule has 0 unspecified atom stereocenters. The summed E-state index contributed by atoms with van der Waals surface area (Å²) in [5, 5.41) is 0. The first-order chi connectivity index (χ1) is 8.49. The molecule has 0 radical (unpaired) electrons. The Labute approximate surface area is 106 Å². The summed E-state index contributed by atoms with van der Waals surface area (Å²) < 4.78 is 26.2. The lowest BCUT2D eigenvalue weighted by molar-refractivity contribution is 0.623. The molecule has 2 aromatic rings. The number of halogens is 2. The van der Waals surface area contributed by atoms with Gasteiger partial charge in [0.2, 0.25) is 0 Å². The van der Waals surface area contributed by atoms with Gasteiger partial charge in [0.25, 0.3) is 0 Å². The van der Waals surface area contributed by atoms with Crippen LogP contribution in [0, 0.1) is 25.5 Å². The highest BCUT2D eigenvalue weighted by Crippen LogP contribution is 2.29. The highest BCUT2D eigenvalue weighted by molar-refractivity contribution is 5.40. The highest BCUT2D eigenvalue weighted by atomic mass is 19.1. The van der Waals surface area contributed by atoms with Gasteiger partial charge in [-0.3, -0.25) is 0 Å². The topological polar surface area (TPSA) is 0 Å². The molecule has 0 aromatic heterocycles. The first-order valence-electron chi connectivity index (χ1n) is 6.01. The molecule has 0 spiro atoms. The normalized spacial score (nSPS) is 11.0.